The van der Waals surface area contributed by atoms with E-state index >= 15 is 0 Å². The van der Waals surface area contributed by atoms with Gasteiger partial charge in [-0.2, -0.15) is 0 Å². The normalized spacial score (nSPS) is 11.5. The third-order valence-electron chi connectivity index (χ3n) is 4.39. The van der Waals surface area contributed by atoms with Gasteiger partial charge in [-0.3, -0.25) is 4.31 Å². The number of aryl methyl sites for hydroxylation is 2. The fraction of sp³-hybridized carbons (Fsp3) is 0.143. The lowest BCUT2D eigenvalue weighted by Crippen LogP contribution is -2.30. The summed E-state index contributed by atoms with van der Waals surface area (Å²) in [7, 11) is -4.07. The van der Waals surface area contributed by atoms with E-state index in [-0.39, 0.29) is 17.1 Å². The molecule has 0 aliphatic heterocycles. The topological polar surface area (TPSA) is 37.4 Å². The van der Waals surface area contributed by atoms with Crippen molar-refractivity contribution < 1.29 is 17.2 Å². The van der Waals surface area contributed by atoms with Crippen molar-refractivity contribution in [1.29, 1.82) is 0 Å². The van der Waals surface area contributed by atoms with Crippen LogP contribution in [0.15, 0.2) is 65.6 Å². The molecule has 28 heavy (non-hydrogen) atoms. The maximum atomic E-state index is 14.1. The molecule has 7 heteroatoms. The average molecular weight is 422 g/mol. The van der Waals surface area contributed by atoms with Crippen LogP contribution in [0.1, 0.15) is 16.7 Å². The highest BCUT2D eigenvalue weighted by Crippen LogP contribution is 2.29. The zero-order chi connectivity index (χ0) is 20.5. The van der Waals surface area contributed by atoms with Gasteiger partial charge in [0.1, 0.15) is 11.6 Å². The van der Waals surface area contributed by atoms with Crippen LogP contribution < -0.4 is 4.31 Å². The second-order valence-corrected chi connectivity index (χ2v) is 8.76. The maximum Gasteiger partial charge on any atom is 0.264 e. The van der Waals surface area contributed by atoms with Crippen LogP contribution in [0.5, 0.6) is 0 Å². The van der Waals surface area contributed by atoms with Crippen molar-refractivity contribution in [2.75, 3.05) is 4.31 Å². The minimum absolute atomic E-state index is 0.0273. The fourth-order valence-corrected chi connectivity index (χ4v) is 4.43. The van der Waals surface area contributed by atoms with Gasteiger partial charge in [-0.15, -0.1) is 0 Å². The van der Waals surface area contributed by atoms with Gasteiger partial charge in [0.25, 0.3) is 10.0 Å². The maximum absolute atomic E-state index is 14.1. The summed E-state index contributed by atoms with van der Waals surface area (Å²) in [5, 5.41) is 0.307. The highest BCUT2D eigenvalue weighted by atomic mass is 35.5. The van der Waals surface area contributed by atoms with E-state index in [4.69, 9.17) is 11.6 Å². The Morgan fingerprint density at radius 1 is 0.929 bits per heavy atom. The van der Waals surface area contributed by atoms with Crippen LogP contribution in [0.2, 0.25) is 5.02 Å². The molecule has 0 N–H and O–H groups in total. The van der Waals surface area contributed by atoms with Gasteiger partial charge in [0.05, 0.1) is 17.1 Å². The predicted octanol–water partition coefficient (Wildman–Crippen LogP) is 5.63. The van der Waals surface area contributed by atoms with Crippen molar-refractivity contribution in [3.05, 3.63) is 94.0 Å². The highest BCUT2D eigenvalue weighted by Gasteiger charge is 2.26. The number of hydrogen-bond acceptors (Lipinski definition) is 2. The molecule has 0 unspecified atom stereocenters. The van der Waals surface area contributed by atoms with E-state index in [1.165, 1.54) is 42.5 Å². The van der Waals surface area contributed by atoms with Crippen molar-refractivity contribution >= 4 is 27.3 Å². The Morgan fingerprint density at radius 3 is 2.29 bits per heavy atom. The average Bonchev–Trinajstić information content (AvgIpc) is 2.64. The van der Waals surface area contributed by atoms with Crippen LogP contribution >= 0.6 is 11.6 Å². The molecule has 0 aliphatic rings. The van der Waals surface area contributed by atoms with Crippen molar-refractivity contribution in [3.63, 3.8) is 0 Å². The van der Waals surface area contributed by atoms with E-state index in [9.17, 15) is 17.2 Å². The molecule has 0 atom stereocenters. The molecule has 3 nitrogen and oxygen atoms in total. The van der Waals surface area contributed by atoms with Crippen LogP contribution in [-0.4, -0.2) is 8.42 Å². The van der Waals surface area contributed by atoms with Gasteiger partial charge in [0, 0.05) is 5.02 Å². The van der Waals surface area contributed by atoms with Gasteiger partial charge in [-0.1, -0.05) is 35.9 Å². The standard InChI is InChI=1S/C21H18ClF2NO2S/c1-14-7-9-19(12-20(14)22)28(26,27)25(13-16-4-3-5-17(23)10-16)18-8-6-15(2)21(24)11-18/h3-12H,13H2,1-2H3. The zero-order valence-electron chi connectivity index (χ0n) is 15.3. The number of anilines is 1. The molecule has 0 aliphatic carbocycles. The lowest BCUT2D eigenvalue weighted by atomic mass is 10.2. The Hall–Kier alpha value is -2.44. The first-order chi connectivity index (χ1) is 13.2. The minimum atomic E-state index is -4.07. The highest BCUT2D eigenvalue weighted by molar-refractivity contribution is 7.92. The number of sulfonamides is 1. The van der Waals surface area contributed by atoms with E-state index in [0.717, 1.165) is 15.9 Å². The first-order valence-corrected chi connectivity index (χ1v) is 10.3. The molecule has 0 saturated heterocycles. The van der Waals surface area contributed by atoms with Crippen LogP contribution in [0, 0.1) is 25.5 Å². The number of rotatable bonds is 5. The summed E-state index contributed by atoms with van der Waals surface area (Å²) in [5.74, 6) is -1.01. The molecule has 0 amide bonds. The second kappa shape index (κ2) is 7.89. The first-order valence-electron chi connectivity index (χ1n) is 8.48. The summed E-state index contributed by atoms with van der Waals surface area (Å²) in [5.41, 5.74) is 1.70. The van der Waals surface area contributed by atoms with E-state index in [0.29, 0.717) is 16.1 Å². The molecule has 0 heterocycles. The Morgan fingerprint density at radius 2 is 1.64 bits per heavy atom. The molecular weight excluding hydrogens is 404 g/mol. The van der Waals surface area contributed by atoms with Gasteiger partial charge < -0.3 is 0 Å². The van der Waals surface area contributed by atoms with Crippen LogP contribution in [-0.2, 0) is 16.6 Å². The predicted molar refractivity (Wildman–Crippen MR) is 107 cm³/mol. The molecule has 3 aromatic rings. The summed E-state index contributed by atoms with van der Waals surface area (Å²) in [4.78, 5) is -0.0273. The largest absolute Gasteiger partial charge is 0.264 e. The van der Waals surface area contributed by atoms with E-state index in [1.807, 2.05) is 0 Å². The van der Waals surface area contributed by atoms with Gasteiger partial charge in [0.15, 0.2) is 0 Å². The zero-order valence-corrected chi connectivity index (χ0v) is 16.9. The molecule has 0 radical (unpaired) electrons. The summed E-state index contributed by atoms with van der Waals surface area (Å²) in [6.45, 7) is 3.19. The fourth-order valence-electron chi connectivity index (χ4n) is 2.71. The van der Waals surface area contributed by atoms with E-state index in [2.05, 4.69) is 0 Å². The molecule has 0 spiro atoms. The molecule has 3 rings (SSSR count). The van der Waals surface area contributed by atoms with E-state index in [1.54, 1.807) is 26.0 Å². The number of nitrogens with zero attached hydrogens (tertiary/aromatic N) is 1. The van der Waals surface area contributed by atoms with Crippen LogP contribution in [0.4, 0.5) is 14.5 Å². The summed E-state index contributed by atoms with van der Waals surface area (Å²) < 4.78 is 55.5. The van der Waals surface area contributed by atoms with Gasteiger partial charge in [0.2, 0.25) is 0 Å². The van der Waals surface area contributed by atoms with Gasteiger partial charge in [-0.05, 0) is 66.9 Å². The number of benzene rings is 3. The third kappa shape index (κ3) is 4.18. The molecule has 146 valence electrons. The number of halogens is 3. The Balaban J connectivity index is 2.13. The summed E-state index contributed by atoms with van der Waals surface area (Å²) in [6.07, 6.45) is 0. The molecule has 0 fully saturated rings. The van der Waals surface area contributed by atoms with E-state index < -0.39 is 21.7 Å². The van der Waals surface area contributed by atoms with Crippen molar-refractivity contribution in [3.8, 4) is 0 Å². The second-order valence-electron chi connectivity index (χ2n) is 6.49. The monoisotopic (exact) mass is 421 g/mol. The molecule has 0 aromatic heterocycles. The third-order valence-corrected chi connectivity index (χ3v) is 6.57. The Labute approximate surface area is 168 Å². The molecule has 3 aromatic carbocycles. The van der Waals surface area contributed by atoms with Crippen LogP contribution in [0.3, 0.4) is 0 Å². The van der Waals surface area contributed by atoms with Gasteiger partial charge in [-0.25, -0.2) is 17.2 Å². The smallest absolute Gasteiger partial charge is 0.262 e. The first kappa shape index (κ1) is 20.3. The molecule has 0 bridgehead atoms. The molecular formula is C21H18ClF2NO2S. The van der Waals surface area contributed by atoms with Gasteiger partial charge >= 0.3 is 0 Å². The van der Waals surface area contributed by atoms with Crippen LogP contribution in [0.25, 0.3) is 0 Å². The summed E-state index contributed by atoms with van der Waals surface area (Å²) in [6, 6.07) is 14.2. The lowest BCUT2D eigenvalue weighted by molar-refractivity contribution is 0.588. The lowest BCUT2D eigenvalue weighted by Gasteiger charge is -2.25. The SMILES string of the molecule is Cc1ccc(N(Cc2cccc(F)c2)S(=O)(=O)c2ccc(C)c(Cl)c2)cc1F. The Bertz CT molecular complexity index is 1130. The molecule has 0 saturated carbocycles. The quantitative estimate of drug-likeness (QED) is 0.535. The van der Waals surface area contributed by atoms with Crippen molar-refractivity contribution in [2.45, 2.75) is 25.3 Å². The van der Waals surface area contributed by atoms with Crippen molar-refractivity contribution in [1.82, 2.24) is 0 Å². The summed E-state index contributed by atoms with van der Waals surface area (Å²) >= 11 is 6.11. The minimum Gasteiger partial charge on any atom is -0.262 e. The Kier molecular flexibility index (Phi) is 5.72. The van der Waals surface area contributed by atoms with Crippen molar-refractivity contribution in [2.24, 2.45) is 0 Å². The number of hydrogen-bond donors (Lipinski definition) is 0.